The maximum atomic E-state index is 14.5. The zero-order chi connectivity index (χ0) is 21.6. The summed E-state index contributed by atoms with van der Waals surface area (Å²) in [5, 5.41) is 13.1. The van der Waals surface area contributed by atoms with E-state index in [-0.39, 0.29) is 24.3 Å². The molecule has 0 bridgehead atoms. The number of carbonyl (C=O) groups excluding carboxylic acids is 1. The van der Waals surface area contributed by atoms with Crippen LogP contribution in [0.3, 0.4) is 0 Å². The molecule has 0 atom stereocenters. The van der Waals surface area contributed by atoms with Crippen molar-refractivity contribution in [1.29, 1.82) is 0 Å². The van der Waals surface area contributed by atoms with Crippen LogP contribution >= 0.6 is 22.6 Å². The molecule has 2 heterocycles. The van der Waals surface area contributed by atoms with Gasteiger partial charge in [-0.3, -0.25) is 4.79 Å². The molecule has 1 aliphatic rings. The number of likely N-dealkylation sites (tertiary alicyclic amines) is 1. The van der Waals surface area contributed by atoms with E-state index in [0.29, 0.717) is 9.39 Å². The van der Waals surface area contributed by atoms with E-state index in [4.69, 9.17) is 0 Å². The van der Waals surface area contributed by atoms with Gasteiger partial charge in [-0.05, 0) is 59.8 Å². The molecule has 0 spiro atoms. The minimum absolute atomic E-state index is 0.0743. The van der Waals surface area contributed by atoms with E-state index in [9.17, 15) is 23.1 Å². The first-order valence-corrected chi connectivity index (χ1v) is 9.99. The zero-order valence-electron chi connectivity index (χ0n) is 15.6. The molecule has 3 aromatic rings. The summed E-state index contributed by atoms with van der Waals surface area (Å²) in [6, 6.07) is 6.15. The monoisotopic (exact) mass is 528 g/mol. The van der Waals surface area contributed by atoms with Gasteiger partial charge in [0, 0.05) is 15.5 Å². The Morgan fingerprint density at radius 3 is 2.60 bits per heavy atom. The highest BCUT2D eigenvalue weighted by molar-refractivity contribution is 14.1. The van der Waals surface area contributed by atoms with Crippen molar-refractivity contribution in [3.8, 4) is 0 Å². The number of nitrogens with one attached hydrogen (secondary N) is 2. The molecular weight excluding hydrogens is 512 g/mol. The van der Waals surface area contributed by atoms with E-state index in [1.165, 1.54) is 17.0 Å². The van der Waals surface area contributed by atoms with Crippen molar-refractivity contribution < 1.29 is 23.1 Å². The number of amides is 1. The molecule has 1 aliphatic heterocycles. The Labute approximate surface area is 183 Å². The summed E-state index contributed by atoms with van der Waals surface area (Å²) in [6.45, 7) is 1.63. The number of rotatable bonds is 4. The molecular formula is C20H16F3IN4O2. The average molecular weight is 528 g/mol. The molecule has 1 amide bonds. The fourth-order valence-corrected chi connectivity index (χ4v) is 3.73. The first kappa shape index (κ1) is 20.7. The molecule has 1 aromatic heterocycles. The Bertz CT molecular complexity index is 1150. The van der Waals surface area contributed by atoms with Crippen LogP contribution < -0.4 is 5.32 Å². The Morgan fingerprint density at radius 1 is 1.23 bits per heavy atom. The van der Waals surface area contributed by atoms with Crippen LogP contribution in [0, 0.1) is 27.9 Å². The minimum atomic E-state index is -1.35. The van der Waals surface area contributed by atoms with Crippen molar-refractivity contribution in [3.05, 3.63) is 74.6 Å². The highest BCUT2D eigenvalue weighted by Gasteiger charge is 2.47. The minimum Gasteiger partial charge on any atom is -0.378 e. The van der Waals surface area contributed by atoms with Crippen molar-refractivity contribution in [1.82, 2.24) is 14.9 Å². The quantitative estimate of drug-likeness (QED) is 0.450. The van der Waals surface area contributed by atoms with Crippen LogP contribution in [0.5, 0.6) is 0 Å². The third-order valence-electron chi connectivity index (χ3n) is 4.85. The average Bonchev–Trinajstić information content (AvgIpc) is 3.11. The van der Waals surface area contributed by atoms with Crippen molar-refractivity contribution in [2.45, 2.75) is 12.5 Å². The molecule has 0 aliphatic carbocycles. The molecule has 1 saturated heterocycles. The van der Waals surface area contributed by atoms with Gasteiger partial charge in [0.1, 0.15) is 11.6 Å². The van der Waals surface area contributed by atoms with Gasteiger partial charge in [-0.1, -0.05) is 0 Å². The number of hydrogen-bond donors (Lipinski definition) is 3. The van der Waals surface area contributed by atoms with Gasteiger partial charge in [0.2, 0.25) is 0 Å². The number of aromatic nitrogens is 2. The lowest BCUT2D eigenvalue weighted by Gasteiger charge is -2.45. The van der Waals surface area contributed by atoms with Crippen molar-refractivity contribution in [2.75, 3.05) is 18.4 Å². The molecule has 1 fully saturated rings. The maximum Gasteiger partial charge on any atom is 0.256 e. The number of benzene rings is 2. The normalized spacial score (nSPS) is 15.1. The van der Waals surface area contributed by atoms with E-state index in [1.54, 1.807) is 19.2 Å². The first-order chi connectivity index (χ1) is 14.2. The topological polar surface area (TPSA) is 81.2 Å². The van der Waals surface area contributed by atoms with E-state index < -0.39 is 34.6 Å². The number of H-pyrrole nitrogens is 1. The predicted molar refractivity (Wildman–Crippen MR) is 112 cm³/mol. The standard InChI is InChI=1S/C20H16F3IN4O2/c1-10-7-25-19(26-10)20(30)8-28(9-20)18(29)12-3-4-13(21)16(23)17(12)27-15-5-2-11(24)6-14(15)22/h2-7,27,30H,8-9H2,1H3,(H,25,26). The van der Waals surface area contributed by atoms with Crippen LogP contribution in [0.25, 0.3) is 0 Å². The molecule has 0 saturated carbocycles. The summed E-state index contributed by atoms with van der Waals surface area (Å²) in [5.74, 6) is -3.44. The highest BCUT2D eigenvalue weighted by Crippen LogP contribution is 2.34. The molecule has 0 radical (unpaired) electrons. The van der Waals surface area contributed by atoms with Crippen LogP contribution in [-0.2, 0) is 5.60 Å². The van der Waals surface area contributed by atoms with Gasteiger partial charge in [0.15, 0.2) is 17.2 Å². The summed E-state index contributed by atoms with van der Waals surface area (Å²) in [7, 11) is 0. The fraction of sp³-hybridized carbons (Fsp3) is 0.200. The molecule has 30 heavy (non-hydrogen) atoms. The second-order valence-electron chi connectivity index (χ2n) is 7.14. The first-order valence-electron chi connectivity index (χ1n) is 8.92. The van der Waals surface area contributed by atoms with Crippen LogP contribution in [0.2, 0.25) is 0 Å². The van der Waals surface area contributed by atoms with Crippen molar-refractivity contribution in [3.63, 3.8) is 0 Å². The van der Waals surface area contributed by atoms with E-state index >= 15 is 0 Å². The van der Waals surface area contributed by atoms with Crippen LogP contribution in [0.4, 0.5) is 24.5 Å². The molecule has 4 rings (SSSR count). The third kappa shape index (κ3) is 3.65. The lowest BCUT2D eigenvalue weighted by atomic mass is 9.92. The lowest BCUT2D eigenvalue weighted by molar-refractivity contribution is -0.0918. The smallest absolute Gasteiger partial charge is 0.256 e. The van der Waals surface area contributed by atoms with Crippen molar-refractivity contribution in [2.24, 2.45) is 0 Å². The largest absolute Gasteiger partial charge is 0.378 e. The number of nitrogens with zero attached hydrogens (tertiary/aromatic N) is 2. The highest BCUT2D eigenvalue weighted by atomic mass is 127. The third-order valence-corrected chi connectivity index (χ3v) is 5.52. The summed E-state index contributed by atoms with van der Waals surface area (Å²) in [4.78, 5) is 21.2. The molecule has 2 aromatic carbocycles. The van der Waals surface area contributed by atoms with Gasteiger partial charge in [0.05, 0.1) is 30.0 Å². The number of β-amino-alcohol motifs (C(OH)–C–C–N with tert-alkyl or cyclic N) is 1. The molecule has 156 valence electrons. The fourth-order valence-electron chi connectivity index (χ4n) is 3.27. The number of halogens is 4. The Balaban J connectivity index is 1.61. The number of aryl methyl sites for hydroxylation is 1. The number of carbonyl (C=O) groups is 1. The number of hydrogen-bond acceptors (Lipinski definition) is 4. The van der Waals surface area contributed by atoms with Gasteiger partial charge < -0.3 is 20.3 Å². The number of anilines is 2. The Morgan fingerprint density at radius 2 is 1.97 bits per heavy atom. The molecule has 3 N–H and O–H groups in total. The summed E-state index contributed by atoms with van der Waals surface area (Å²) in [5.41, 5.74) is -1.33. The summed E-state index contributed by atoms with van der Waals surface area (Å²) < 4.78 is 43.2. The Hall–Kier alpha value is -2.60. The van der Waals surface area contributed by atoms with E-state index in [2.05, 4.69) is 15.3 Å². The van der Waals surface area contributed by atoms with Crippen LogP contribution in [-0.4, -0.2) is 39.0 Å². The predicted octanol–water partition coefficient (Wildman–Crippen LogP) is 3.83. The van der Waals surface area contributed by atoms with Crippen LogP contribution in [0.15, 0.2) is 36.5 Å². The van der Waals surface area contributed by atoms with Crippen LogP contribution in [0.1, 0.15) is 21.9 Å². The maximum absolute atomic E-state index is 14.5. The second kappa shape index (κ2) is 7.58. The summed E-state index contributed by atoms with van der Waals surface area (Å²) in [6.07, 6.45) is 1.56. The van der Waals surface area contributed by atoms with Gasteiger partial charge in [-0.2, -0.15) is 0 Å². The number of aromatic amines is 1. The van der Waals surface area contributed by atoms with Gasteiger partial charge in [0.25, 0.3) is 5.91 Å². The summed E-state index contributed by atoms with van der Waals surface area (Å²) >= 11 is 1.92. The molecule has 10 heteroatoms. The van der Waals surface area contributed by atoms with Gasteiger partial charge >= 0.3 is 0 Å². The second-order valence-corrected chi connectivity index (χ2v) is 8.39. The van der Waals surface area contributed by atoms with Gasteiger partial charge in [-0.25, -0.2) is 18.2 Å². The lowest BCUT2D eigenvalue weighted by Crippen LogP contribution is -2.61. The zero-order valence-corrected chi connectivity index (χ0v) is 17.8. The SMILES string of the molecule is Cc1cnc(C2(O)CN(C(=O)c3ccc(F)c(F)c3Nc3ccc(I)cc3F)C2)[nH]1. The molecule has 0 unspecified atom stereocenters. The van der Waals surface area contributed by atoms with E-state index in [0.717, 1.165) is 17.8 Å². The van der Waals surface area contributed by atoms with E-state index in [1.807, 2.05) is 22.6 Å². The number of aliphatic hydroxyl groups is 1. The number of imidazole rings is 1. The van der Waals surface area contributed by atoms with Gasteiger partial charge in [-0.15, -0.1) is 0 Å². The van der Waals surface area contributed by atoms with Crippen molar-refractivity contribution >= 4 is 39.9 Å². The Kier molecular flexibility index (Phi) is 5.22. The molecule has 6 nitrogen and oxygen atoms in total.